The lowest BCUT2D eigenvalue weighted by Crippen LogP contribution is -1.97. The largest absolute Gasteiger partial charge is 0.492 e. The molecule has 0 unspecified atom stereocenters. The second-order valence-electron chi connectivity index (χ2n) is 5.26. The number of rotatable bonds is 4. The van der Waals surface area contributed by atoms with Gasteiger partial charge in [-0.25, -0.2) is 0 Å². The molecule has 3 rings (SSSR count). The highest BCUT2D eigenvalue weighted by molar-refractivity contribution is 6.36. The second-order valence-corrected chi connectivity index (χ2v) is 6.10. The molecular weight excluding hydrogens is 333 g/mol. The van der Waals surface area contributed by atoms with E-state index < -0.39 is 0 Å². The normalized spacial score (nSPS) is 11.0. The van der Waals surface area contributed by atoms with Crippen LogP contribution in [0.4, 0.5) is 0 Å². The summed E-state index contributed by atoms with van der Waals surface area (Å²) in [5.74, 6) is 0.536. The molecule has 0 aliphatic carbocycles. The van der Waals surface area contributed by atoms with Gasteiger partial charge in [-0.3, -0.25) is 4.79 Å². The molecule has 118 valence electrons. The number of pyridine rings is 1. The fourth-order valence-corrected chi connectivity index (χ4v) is 3.25. The number of ether oxygens (including phenoxy) is 1. The molecule has 0 aliphatic heterocycles. The Morgan fingerprint density at radius 3 is 2.65 bits per heavy atom. The molecular formula is C18H15Cl2NO2. The van der Waals surface area contributed by atoms with Gasteiger partial charge in [0.05, 0.1) is 17.3 Å². The monoisotopic (exact) mass is 347 g/mol. The number of benzene rings is 1. The predicted molar refractivity (Wildman–Crippen MR) is 94.1 cm³/mol. The summed E-state index contributed by atoms with van der Waals surface area (Å²) < 4.78 is 7.53. The van der Waals surface area contributed by atoms with E-state index in [1.165, 1.54) is 0 Å². The van der Waals surface area contributed by atoms with Gasteiger partial charge in [-0.05, 0) is 49.7 Å². The van der Waals surface area contributed by atoms with Gasteiger partial charge in [-0.1, -0.05) is 23.2 Å². The van der Waals surface area contributed by atoms with Crippen LogP contribution in [0.5, 0.6) is 5.75 Å². The average molecular weight is 348 g/mol. The standard InChI is InChI=1S/C18H15Cl2NO2/c1-3-23-18-15(7-12(19)8-16(18)20)14-9-13-6-11(2)4-5-21(13)17(14)10-22/h4-10H,3H2,1-2H3. The minimum atomic E-state index is 0.428. The highest BCUT2D eigenvalue weighted by Gasteiger charge is 2.18. The van der Waals surface area contributed by atoms with Crippen LogP contribution in [0.3, 0.4) is 0 Å². The van der Waals surface area contributed by atoms with Crippen molar-refractivity contribution in [2.45, 2.75) is 13.8 Å². The molecule has 0 radical (unpaired) electrons. The molecule has 0 fully saturated rings. The highest BCUT2D eigenvalue weighted by atomic mass is 35.5. The van der Waals surface area contributed by atoms with Crippen molar-refractivity contribution in [3.05, 3.63) is 57.8 Å². The maximum atomic E-state index is 11.7. The van der Waals surface area contributed by atoms with Gasteiger partial charge in [0.15, 0.2) is 6.29 Å². The molecule has 5 heteroatoms. The van der Waals surface area contributed by atoms with Crippen molar-refractivity contribution in [1.82, 2.24) is 4.40 Å². The van der Waals surface area contributed by atoms with E-state index in [-0.39, 0.29) is 0 Å². The first-order chi connectivity index (χ1) is 11.0. The second kappa shape index (κ2) is 6.26. The zero-order chi connectivity index (χ0) is 16.6. The van der Waals surface area contributed by atoms with Gasteiger partial charge in [0.25, 0.3) is 0 Å². The zero-order valence-electron chi connectivity index (χ0n) is 12.8. The SMILES string of the molecule is CCOc1c(Cl)cc(Cl)cc1-c1cc2cc(C)ccn2c1C=O. The van der Waals surface area contributed by atoms with Gasteiger partial charge in [-0.2, -0.15) is 0 Å². The fraction of sp³-hybridized carbons (Fsp3) is 0.167. The Labute approximate surface area is 144 Å². The maximum absolute atomic E-state index is 11.7. The average Bonchev–Trinajstić information content (AvgIpc) is 2.87. The Balaban J connectivity index is 2.34. The maximum Gasteiger partial charge on any atom is 0.167 e. The van der Waals surface area contributed by atoms with Crippen molar-refractivity contribution in [2.24, 2.45) is 0 Å². The van der Waals surface area contributed by atoms with Crippen molar-refractivity contribution in [3.63, 3.8) is 0 Å². The molecule has 2 aromatic heterocycles. The number of halogens is 2. The zero-order valence-corrected chi connectivity index (χ0v) is 14.3. The third kappa shape index (κ3) is 2.82. The van der Waals surface area contributed by atoms with Crippen LogP contribution in [0.1, 0.15) is 23.0 Å². The molecule has 1 aromatic carbocycles. The summed E-state index contributed by atoms with van der Waals surface area (Å²) in [4.78, 5) is 11.7. The lowest BCUT2D eigenvalue weighted by atomic mass is 10.0. The molecule has 0 atom stereocenters. The van der Waals surface area contributed by atoms with E-state index in [1.807, 2.05) is 42.6 Å². The number of aryl methyl sites for hydroxylation is 1. The van der Waals surface area contributed by atoms with Gasteiger partial charge in [-0.15, -0.1) is 0 Å². The van der Waals surface area contributed by atoms with Gasteiger partial charge < -0.3 is 9.14 Å². The van der Waals surface area contributed by atoms with Crippen LogP contribution >= 0.6 is 23.2 Å². The summed E-state index contributed by atoms with van der Waals surface area (Å²) in [7, 11) is 0. The topological polar surface area (TPSA) is 30.7 Å². The minimum absolute atomic E-state index is 0.428. The molecule has 0 aliphatic rings. The van der Waals surface area contributed by atoms with Crippen LogP contribution in [-0.2, 0) is 0 Å². The van der Waals surface area contributed by atoms with Gasteiger partial charge in [0, 0.05) is 27.9 Å². The minimum Gasteiger partial charge on any atom is -0.492 e. The van der Waals surface area contributed by atoms with Crippen LogP contribution < -0.4 is 4.74 Å². The number of carbonyl (C=O) groups excluding carboxylic acids is 1. The Kier molecular flexibility index (Phi) is 4.33. The van der Waals surface area contributed by atoms with Crippen molar-refractivity contribution >= 4 is 35.0 Å². The number of hydrogen-bond acceptors (Lipinski definition) is 2. The molecule has 23 heavy (non-hydrogen) atoms. The molecule has 3 nitrogen and oxygen atoms in total. The van der Waals surface area contributed by atoms with E-state index in [0.717, 1.165) is 22.9 Å². The van der Waals surface area contributed by atoms with Crippen LogP contribution in [0, 0.1) is 6.92 Å². The number of nitrogens with zero attached hydrogens (tertiary/aromatic N) is 1. The van der Waals surface area contributed by atoms with Crippen molar-refractivity contribution in [1.29, 1.82) is 0 Å². The number of aldehydes is 1. The van der Waals surface area contributed by atoms with Crippen molar-refractivity contribution in [2.75, 3.05) is 6.61 Å². The summed E-state index contributed by atoms with van der Waals surface area (Å²) in [6.45, 7) is 4.36. The lowest BCUT2D eigenvalue weighted by Gasteiger charge is -2.12. The third-order valence-corrected chi connectivity index (χ3v) is 4.17. The van der Waals surface area contributed by atoms with Crippen molar-refractivity contribution < 1.29 is 9.53 Å². The first kappa shape index (κ1) is 15.9. The first-order valence-corrected chi connectivity index (χ1v) is 7.99. The summed E-state index contributed by atoms with van der Waals surface area (Å²) in [5.41, 5.74) is 4.05. The van der Waals surface area contributed by atoms with Gasteiger partial charge in [0.2, 0.25) is 0 Å². The van der Waals surface area contributed by atoms with Crippen LogP contribution in [-0.4, -0.2) is 17.3 Å². The summed E-state index contributed by atoms with van der Waals surface area (Å²) in [6.07, 6.45) is 2.71. The van der Waals surface area contributed by atoms with Gasteiger partial charge in [0.1, 0.15) is 5.75 Å². The van der Waals surface area contributed by atoms with E-state index >= 15 is 0 Å². The Morgan fingerprint density at radius 2 is 1.96 bits per heavy atom. The van der Waals surface area contributed by atoms with E-state index in [4.69, 9.17) is 27.9 Å². The summed E-state index contributed by atoms with van der Waals surface area (Å²) in [5, 5.41) is 0.925. The van der Waals surface area contributed by atoms with Gasteiger partial charge >= 0.3 is 0 Å². The Bertz CT molecular complexity index is 900. The number of aromatic nitrogens is 1. The van der Waals surface area contributed by atoms with E-state index in [1.54, 1.807) is 12.1 Å². The predicted octanol–water partition coefficient (Wildman–Crippen LogP) is 5.43. The van der Waals surface area contributed by atoms with Crippen LogP contribution in [0.2, 0.25) is 10.0 Å². The summed E-state index contributed by atoms with van der Waals surface area (Å²) >= 11 is 12.4. The molecule has 0 saturated heterocycles. The quantitative estimate of drug-likeness (QED) is 0.589. The molecule has 0 N–H and O–H groups in total. The van der Waals surface area contributed by atoms with Crippen LogP contribution in [0.25, 0.3) is 16.6 Å². The molecule has 0 saturated carbocycles. The fourth-order valence-electron chi connectivity index (χ4n) is 2.70. The van der Waals surface area contributed by atoms with Crippen molar-refractivity contribution in [3.8, 4) is 16.9 Å². The first-order valence-electron chi connectivity index (χ1n) is 7.24. The van der Waals surface area contributed by atoms with E-state index in [2.05, 4.69) is 0 Å². The van der Waals surface area contributed by atoms with E-state index in [9.17, 15) is 4.79 Å². The molecule has 0 spiro atoms. The number of carbonyl (C=O) groups is 1. The Hall–Kier alpha value is -1.97. The lowest BCUT2D eigenvalue weighted by molar-refractivity contribution is 0.111. The molecule has 0 bridgehead atoms. The molecule has 3 aromatic rings. The third-order valence-electron chi connectivity index (χ3n) is 3.67. The number of hydrogen-bond donors (Lipinski definition) is 0. The number of fused-ring (bicyclic) bond motifs is 1. The molecule has 0 amide bonds. The van der Waals surface area contributed by atoms with E-state index in [0.29, 0.717) is 33.7 Å². The highest BCUT2D eigenvalue weighted by Crippen LogP contribution is 2.41. The van der Waals surface area contributed by atoms with Crippen LogP contribution in [0.15, 0.2) is 36.5 Å². The smallest absolute Gasteiger partial charge is 0.167 e. The summed E-state index contributed by atoms with van der Waals surface area (Å²) in [6, 6.07) is 9.33. The molecule has 2 heterocycles. The Morgan fingerprint density at radius 1 is 1.17 bits per heavy atom.